The van der Waals surface area contributed by atoms with Gasteiger partial charge in [-0.15, -0.1) is 11.3 Å². The number of rotatable bonds is 3. The molecule has 0 fully saturated rings. The van der Waals surface area contributed by atoms with Gasteiger partial charge in [0, 0.05) is 7.05 Å². The number of halogens is 1. The average molecular weight is 264 g/mol. The van der Waals surface area contributed by atoms with Crippen LogP contribution in [-0.2, 0) is 16.1 Å². The normalized spacial score (nSPS) is 10.1. The maximum absolute atomic E-state index is 11.4. The third kappa shape index (κ3) is 2.79. The van der Waals surface area contributed by atoms with Gasteiger partial charge in [0.25, 0.3) is 0 Å². The molecule has 1 aromatic heterocycles. The van der Waals surface area contributed by atoms with Crippen LogP contribution in [0.25, 0.3) is 0 Å². The van der Waals surface area contributed by atoms with Crippen molar-refractivity contribution in [3.8, 4) is 0 Å². The van der Waals surface area contributed by atoms with E-state index in [0.717, 1.165) is 9.35 Å². The van der Waals surface area contributed by atoms with E-state index in [-0.39, 0.29) is 5.91 Å². The van der Waals surface area contributed by atoms with Crippen molar-refractivity contribution >= 4 is 33.2 Å². The minimum Gasteiger partial charge on any atom is -0.275 e. The molecule has 1 heterocycles. The number of amides is 1. The van der Waals surface area contributed by atoms with E-state index < -0.39 is 0 Å². The van der Waals surface area contributed by atoms with E-state index in [1.165, 1.54) is 12.2 Å². The number of nitrogens with zero attached hydrogens (tertiary/aromatic N) is 1. The standard InChI is InChI=1S/C8H10BrNO2S/c1-10(12-2)7(11)5-6-3-4-13-8(6)9/h3-4H,5H2,1-2H3. The van der Waals surface area contributed by atoms with Crippen molar-refractivity contribution in [3.63, 3.8) is 0 Å². The van der Waals surface area contributed by atoms with Crippen molar-refractivity contribution in [2.45, 2.75) is 6.42 Å². The van der Waals surface area contributed by atoms with Crippen LogP contribution in [0.5, 0.6) is 0 Å². The van der Waals surface area contributed by atoms with Gasteiger partial charge in [0.05, 0.1) is 17.3 Å². The number of hydrogen-bond acceptors (Lipinski definition) is 3. The van der Waals surface area contributed by atoms with Gasteiger partial charge in [0.15, 0.2) is 0 Å². The van der Waals surface area contributed by atoms with Gasteiger partial charge >= 0.3 is 0 Å². The van der Waals surface area contributed by atoms with Crippen LogP contribution in [0, 0.1) is 0 Å². The summed E-state index contributed by atoms with van der Waals surface area (Å²) in [7, 11) is 3.07. The molecule has 0 bridgehead atoms. The van der Waals surface area contributed by atoms with Gasteiger partial charge in [0.2, 0.25) is 5.91 Å². The van der Waals surface area contributed by atoms with E-state index in [0.29, 0.717) is 6.42 Å². The monoisotopic (exact) mass is 263 g/mol. The van der Waals surface area contributed by atoms with Crippen LogP contribution in [0.1, 0.15) is 5.56 Å². The lowest BCUT2D eigenvalue weighted by Gasteiger charge is -2.12. The second-order valence-corrected chi connectivity index (χ2v) is 4.70. The highest BCUT2D eigenvalue weighted by Gasteiger charge is 2.11. The zero-order valence-corrected chi connectivity index (χ0v) is 9.81. The van der Waals surface area contributed by atoms with Gasteiger partial charge in [-0.2, -0.15) is 0 Å². The largest absolute Gasteiger partial charge is 0.275 e. The summed E-state index contributed by atoms with van der Waals surface area (Å²) in [6.07, 6.45) is 0.369. The molecule has 5 heteroatoms. The Labute approximate surface area is 89.4 Å². The van der Waals surface area contributed by atoms with Crippen molar-refractivity contribution in [1.82, 2.24) is 5.06 Å². The molecule has 72 valence electrons. The Balaban J connectivity index is 2.60. The molecule has 0 atom stereocenters. The Morgan fingerprint density at radius 2 is 2.46 bits per heavy atom. The molecule has 0 aliphatic heterocycles. The second kappa shape index (κ2) is 4.74. The fourth-order valence-electron chi connectivity index (χ4n) is 0.822. The molecule has 3 nitrogen and oxygen atoms in total. The van der Waals surface area contributed by atoms with Crippen LogP contribution >= 0.6 is 27.3 Å². The summed E-state index contributed by atoms with van der Waals surface area (Å²) in [5, 5.41) is 3.17. The van der Waals surface area contributed by atoms with E-state index in [1.54, 1.807) is 18.4 Å². The zero-order valence-electron chi connectivity index (χ0n) is 7.41. The van der Waals surface area contributed by atoms with Gasteiger partial charge in [-0.1, -0.05) is 0 Å². The zero-order chi connectivity index (χ0) is 9.84. The quantitative estimate of drug-likeness (QED) is 0.782. The lowest BCUT2D eigenvalue weighted by atomic mass is 10.2. The Kier molecular flexibility index (Phi) is 3.90. The minimum atomic E-state index is -0.0541. The molecule has 0 aliphatic rings. The van der Waals surface area contributed by atoms with Crippen LogP contribution in [0.4, 0.5) is 0 Å². The maximum atomic E-state index is 11.4. The third-order valence-electron chi connectivity index (χ3n) is 1.66. The van der Waals surface area contributed by atoms with E-state index in [9.17, 15) is 4.79 Å². The maximum Gasteiger partial charge on any atom is 0.250 e. The molecule has 0 N–H and O–H groups in total. The Bertz CT molecular complexity index is 300. The first-order valence-corrected chi connectivity index (χ1v) is 5.35. The third-order valence-corrected chi connectivity index (χ3v) is 3.47. The highest BCUT2D eigenvalue weighted by atomic mass is 79.9. The SMILES string of the molecule is CON(C)C(=O)Cc1ccsc1Br. The number of carbonyl (C=O) groups excluding carboxylic acids is 1. The lowest BCUT2D eigenvalue weighted by molar-refractivity contribution is -0.167. The lowest BCUT2D eigenvalue weighted by Crippen LogP contribution is -2.26. The van der Waals surface area contributed by atoms with Gasteiger partial charge in [-0.25, -0.2) is 5.06 Å². The van der Waals surface area contributed by atoms with E-state index in [1.807, 2.05) is 11.4 Å². The molecular weight excluding hydrogens is 254 g/mol. The predicted molar refractivity (Wildman–Crippen MR) is 55.5 cm³/mol. The topological polar surface area (TPSA) is 29.5 Å². The van der Waals surface area contributed by atoms with Crippen molar-refractivity contribution in [2.75, 3.05) is 14.2 Å². The number of thiophene rings is 1. The molecule has 0 saturated heterocycles. The first-order valence-electron chi connectivity index (χ1n) is 3.67. The summed E-state index contributed by atoms with van der Waals surface area (Å²) in [5.41, 5.74) is 0.999. The first-order chi connectivity index (χ1) is 6.15. The smallest absolute Gasteiger partial charge is 0.250 e. The Morgan fingerprint density at radius 3 is 2.92 bits per heavy atom. The number of likely N-dealkylation sites (N-methyl/N-ethyl adjacent to an activating group) is 1. The summed E-state index contributed by atoms with van der Waals surface area (Å²) in [4.78, 5) is 16.2. The molecule has 13 heavy (non-hydrogen) atoms. The molecular formula is C8H10BrNO2S. The Morgan fingerprint density at radius 1 is 1.77 bits per heavy atom. The number of hydroxylamine groups is 2. The first kappa shape index (κ1) is 10.7. The van der Waals surface area contributed by atoms with Gasteiger partial charge in [-0.3, -0.25) is 9.63 Å². The summed E-state index contributed by atoms with van der Waals surface area (Å²) in [5.74, 6) is -0.0541. The number of hydrogen-bond donors (Lipinski definition) is 0. The predicted octanol–water partition coefficient (Wildman–Crippen LogP) is 2.07. The van der Waals surface area contributed by atoms with Crippen molar-refractivity contribution in [3.05, 3.63) is 20.8 Å². The van der Waals surface area contributed by atoms with Crippen molar-refractivity contribution in [2.24, 2.45) is 0 Å². The van der Waals surface area contributed by atoms with Crippen LogP contribution in [-0.4, -0.2) is 25.1 Å². The second-order valence-electron chi connectivity index (χ2n) is 2.47. The highest BCUT2D eigenvalue weighted by Crippen LogP contribution is 2.23. The van der Waals surface area contributed by atoms with E-state index in [4.69, 9.17) is 4.84 Å². The molecule has 1 aromatic rings. The molecule has 1 rings (SSSR count). The molecule has 0 radical (unpaired) electrons. The molecule has 0 unspecified atom stereocenters. The Hall–Kier alpha value is -0.390. The van der Waals surface area contributed by atoms with Crippen molar-refractivity contribution in [1.29, 1.82) is 0 Å². The van der Waals surface area contributed by atoms with Crippen molar-refractivity contribution < 1.29 is 9.63 Å². The summed E-state index contributed by atoms with van der Waals surface area (Å²) >= 11 is 4.94. The fraction of sp³-hybridized carbons (Fsp3) is 0.375. The van der Waals surface area contributed by atoms with Gasteiger partial charge < -0.3 is 0 Å². The summed E-state index contributed by atoms with van der Waals surface area (Å²) in [6.45, 7) is 0. The van der Waals surface area contributed by atoms with Crippen LogP contribution in [0.2, 0.25) is 0 Å². The fourth-order valence-corrected chi connectivity index (χ4v) is 2.06. The van der Waals surface area contributed by atoms with Gasteiger partial charge in [-0.05, 0) is 32.9 Å². The van der Waals surface area contributed by atoms with Crippen LogP contribution < -0.4 is 0 Å². The average Bonchev–Trinajstić information content (AvgIpc) is 2.50. The minimum absolute atomic E-state index is 0.0541. The number of carbonyl (C=O) groups is 1. The molecule has 0 aromatic carbocycles. The highest BCUT2D eigenvalue weighted by molar-refractivity contribution is 9.11. The summed E-state index contributed by atoms with van der Waals surface area (Å²) in [6, 6.07) is 1.93. The molecule has 0 aliphatic carbocycles. The molecule has 0 spiro atoms. The van der Waals surface area contributed by atoms with Crippen LogP contribution in [0.15, 0.2) is 15.2 Å². The summed E-state index contributed by atoms with van der Waals surface area (Å²) < 4.78 is 1.00. The molecule has 1 amide bonds. The molecule has 0 saturated carbocycles. The van der Waals surface area contributed by atoms with E-state index >= 15 is 0 Å². The van der Waals surface area contributed by atoms with Crippen LogP contribution in [0.3, 0.4) is 0 Å². The van der Waals surface area contributed by atoms with Gasteiger partial charge in [0.1, 0.15) is 0 Å². The van der Waals surface area contributed by atoms with E-state index in [2.05, 4.69) is 15.9 Å².